The van der Waals surface area contributed by atoms with Crippen molar-refractivity contribution in [1.29, 1.82) is 0 Å². The minimum Gasteiger partial charge on any atom is -0.361 e. The molecule has 0 radical (unpaired) electrons. The van der Waals surface area contributed by atoms with Crippen molar-refractivity contribution in [3.63, 3.8) is 0 Å². The number of thiophene rings is 1. The molecule has 0 saturated carbocycles. The standard InChI is InChI=1S/C18H18N2O4S2/c1-13-10-14(20-24-13)11-18(21)19-12-17(16-8-5-9-25-16)26(22,23)15-6-3-2-4-7-15/h2-10,17H,11-12H2,1H3,(H,19,21). The molecule has 0 fully saturated rings. The van der Waals surface area contributed by atoms with Crippen LogP contribution in [0.1, 0.15) is 21.6 Å². The topological polar surface area (TPSA) is 89.3 Å². The van der Waals surface area contributed by atoms with Gasteiger partial charge in [-0.1, -0.05) is 29.4 Å². The van der Waals surface area contributed by atoms with Gasteiger partial charge < -0.3 is 9.84 Å². The van der Waals surface area contributed by atoms with Crippen LogP contribution < -0.4 is 5.32 Å². The first kappa shape index (κ1) is 18.3. The molecule has 0 aliphatic heterocycles. The van der Waals surface area contributed by atoms with Crippen molar-refractivity contribution < 1.29 is 17.7 Å². The minimum atomic E-state index is -3.63. The zero-order chi connectivity index (χ0) is 18.6. The molecule has 1 N–H and O–H groups in total. The predicted molar refractivity (Wildman–Crippen MR) is 98.6 cm³/mol. The van der Waals surface area contributed by atoms with Gasteiger partial charge in [-0.25, -0.2) is 8.42 Å². The number of aryl methyl sites for hydroxylation is 1. The van der Waals surface area contributed by atoms with Crippen molar-refractivity contribution in [1.82, 2.24) is 10.5 Å². The van der Waals surface area contributed by atoms with E-state index in [9.17, 15) is 13.2 Å². The zero-order valence-electron chi connectivity index (χ0n) is 14.1. The number of nitrogens with one attached hydrogen (secondary N) is 1. The number of benzene rings is 1. The normalized spacial score (nSPS) is 12.7. The molecule has 6 nitrogen and oxygen atoms in total. The van der Waals surface area contributed by atoms with Crippen LogP contribution in [0.2, 0.25) is 0 Å². The number of hydrogen-bond acceptors (Lipinski definition) is 6. The molecule has 2 heterocycles. The number of carbonyl (C=O) groups excluding carboxylic acids is 1. The van der Waals surface area contributed by atoms with E-state index in [-0.39, 0.29) is 23.8 Å². The molecule has 2 aromatic heterocycles. The Hall–Kier alpha value is -2.45. The molecule has 0 aliphatic carbocycles. The Morgan fingerprint density at radius 2 is 2.00 bits per heavy atom. The molecule has 3 rings (SSSR count). The Bertz CT molecular complexity index is 964. The molecule has 8 heteroatoms. The maximum atomic E-state index is 13.0. The van der Waals surface area contributed by atoms with Gasteiger partial charge in [0.05, 0.1) is 17.0 Å². The third-order valence-electron chi connectivity index (χ3n) is 3.81. The molecule has 1 atom stereocenters. The highest BCUT2D eigenvalue weighted by atomic mass is 32.2. The van der Waals surface area contributed by atoms with Crippen molar-refractivity contribution in [3.05, 3.63) is 70.2 Å². The van der Waals surface area contributed by atoms with E-state index >= 15 is 0 Å². The third kappa shape index (κ3) is 4.20. The second-order valence-electron chi connectivity index (χ2n) is 5.77. The molecule has 0 aliphatic rings. The SMILES string of the molecule is Cc1cc(CC(=O)NCC(c2cccs2)S(=O)(=O)c2ccccc2)no1. The summed E-state index contributed by atoms with van der Waals surface area (Å²) in [5, 5.41) is 7.47. The van der Waals surface area contributed by atoms with Crippen LogP contribution in [0, 0.1) is 6.92 Å². The monoisotopic (exact) mass is 390 g/mol. The van der Waals surface area contributed by atoms with Crippen molar-refractivity contribution in [2.75, 3.05) is 6.54 Å². The predicted octanol–water partition coefficient (Wildman–Crippen LogP) is 2.92. The smallest absolute Gasteiger partial charge is 0.226 e. The number of sulfone groups is 1. The Morgan fingerprint density at radius 1 is 1.23 bits per heavy atom. The van der Waals surface area contributed by atoms with Gasteiger partial charge in [-0.2, -0.15) is 0 Å². The van der Waals surface area contributed by atoms with E-state index < -0.39 is 15.1 Å². The van der Waals surface area contributed by atoms with Crippen LogP contribution in [0.25, 0.3) is 0 Å². The van der Waals surface area contributed by atoms with Crippen LogP contribution in [-0.4, -0.2) is 26.0 Å². The van der Waals surface area contributed by atoms with Crippen LogP contribution in [0.3, 0.4) is 0 Å². The van der Waals surface area contributed by atoms with Gasteiger partial charge in [-0.3, -0.25) is 4.79 Å². The van der Waals surface area contributed by atoms with Gasteiger partial charge in [0.1, 0.15) is 11.0 Å². The Morgan fingerprint density at radius 3 is 2.62 bits per heavy atom. The molecule has 0 spiro atoms. The van der Waals surface area contributed by atoms with E-state index in [1.54, 1.807) is 55.5 Å². The average molecular weight is 390 g/mol. The van der Waals surface area contributed by atoms with E-state index in [0.717, 1.165) is 0 Å². The lowest BCUT2D eigenvalue weighted by Crippen LogP contribution is -2.32. The molecule has 1 amide bonds. The second-order valence-corrected chi connectivity index (χ2v) is 8.88. The number of carbonyl (C=O) groups is 1. The summed E-state index contributed by atoms with van der Waals surface area (Å²) >= 11 is 1.35. The van der Waals surface area contributed by atoms with Gasteiger partial charge >= 0.3 is 0 Å². The zero-order valence-corrected chi connectivity index (χ0v) is 15.7. The summed E-state index contributed by atoms with van der Waals surface area (Å²) in [6.45, 7) is 1.74. The van der Waals surface area contributed by atoms with Gasteiger partial charge in [0.15, 0.2) is 9.84 Å². The number of rotatable bonds is 7. The number of aromatic nitrogens is 1. The lowest BCUT2D eigenvalue weighted by Gasteiger charge is -2.17. The Balaban J connectivity index is 1.76. The lowest BCUT2D eigenvalue weighted by molar-refractivity contribution is -0.120. The summed E-state index contributed by atoms with van der Waals surface area (Å²) in [7, 11) is -3.63. The minimum absolute atomic E-state index is 0.00654. The van der Waals surface area contributed by atoms with E-state index in [4.69, 9.17) is 4.52 Å². The molecular weight excluding hydrogens is 372 g/mol. The lowest BCUT2D eigenvalue weighted by atomic mass is 10.2. The highest BCUT2D eigenvalue weighted by Gasteiger charge is 2.30. The molecule has 136 valence electrons. The number of hydrogen-bond donors (Lipinski definition) is 1. The first-order valence-electron chi connectivity index (χ1n) is 7.98. The molecular formula is C18H18N2O4S2. The van der Waals surface area contributed by atoms with Crippen molar-refractivity contribution >= 4 is 27.1 Å². The van der Waals surface area contributed by atoms with Crippen LogP contribution >= 0.6 is 11.3 Å². The third-order valence-corrected chi connectivity index (χ3v) is 7.04. The molecule has 0 bridgehead atoms. The molecule has 1 aromatic carbocycles. The van der Waals surface area contributed by atoms with Gasteiger partial charge in [-0.05, 0) is 30.5 Å². The van der Waals surface area contributed by atoms with Crippen LogP contribution in [0.15, 0.2) is 63.3 Å². The van der Waals surface area contributed by atoms with Crippen molar-refractivity contribution in [2.45, 2.75) is 23.5 Å². The summed E-state index contributed by atoms with van der Waals surface area (Å²) in [5.41, 5.74) is 0.513. The van der Waals surface area contributed by atoms with Crippen LogP contribution in [0.5, 0.6) is 0 Å². The maximum absolute atomic E-state index is 13.0. The van der Waals surface area contributed by atoms with E-state index in [2.05, 4.69) is 10.5 Å². The summed E-state index contributed by atoms with van der Waals surface area (Å²) < 4.78 is 31.0. The molecule has 0 saturated heterocycles. The quantitative estimate of drug-likeness (QED) is 0.670. The van der Waals surface area contributed by atoms with Crippen molar-refractivity contribution in [2.24, 2.45) is 0 Å². The van der Waals surface area contributed by atoms with E-state index in [0.29, 0.717) is 16.3 Å². The molecule has 26 heavy (non-hydrogen) atoms. The van der Waals surface area contributed by atoms with Gasteiger partial charge in [0.2, 0.25) is 5.91 Å². The first-order chi connectivity index (χ1) is 12.5. The molecule has 1 unspecified atom stereocenters. The van der Waals surface area contributed by atoms with E-state index in [1.165, 1.54) is 11.3 Å². The van der Waals surface area contributed by atoms with Gasteiger partial charge in [-0.15, -0.1) is 11.3 Å². The van der Waals surface area contributed by atoms with Crippen LogP contribution in [0.4, 0.5) is 0 Å². The largest absolute Gasteiger partial charge is 0.361 e. The van der Waals surface area contributed by atoms with Gasteiger partial charge in [0, 0.05) is 17.5 Å². The highest BCUT2D eigenvalue weighted by Crippen LogP contribution is 2.31. The van der Waals surface area contributed by atoms with Crippen LogP contribution in [-0.2, 0) is 21.1 Å². The first-order valence-corrected chi connectivity index (χ1v) is 10.4. The highest BCUT2D eigenvalue weighted by molar-refractivity contribution is 7.91. The Kier molecular flexibility index (Phi) is 5.53. The average Bonchev–Trinajstić information content (AvgIpc) is 3.28. The Labute approximate surface area is 155 Å². The number of amides is 1. The fourth-order valence-electron chi connectivity index (χ4n) is 2.55. The van der Waals surface area contributed by atoms with E-state index in [1.807, 2.05) is 5.38 Å². The maximum Gasteiger partial charge on any atom is 0.226 e. The molecule has 3 aromatic rings. The number of nitrogens with zero attached hydrogens (tertiary/aromatic N) is 1. The second kappa shape index (κ2) is 7.84. The summed E-state index contributed by atoms with van der Waals surface area (Å²) in [6, 6.07) is 13.5. The fraction of sp³-hybridized carbons (Fsp3) is 0.222. The van der Waals surface area contributed by atoms with Gasteiger partial charge in [0.25, 0.3) is 0 Å². The summed E-state index contributed by atoms with van der Waals surface area (Å²) in [4.78, 5) is 13.1. The fourth-order valence-corrected chi connectivity index (χ4v) is 5.35. The van der Waals surface area contributed by atoms with Crippen molar-refractivity contribution in [3.8, 4) is 0 Å². The summed E-state index contributed by atoms with van der Waals surface area (Å²) in [5.74, 6) is 0.319. The summed E-state index contributed by atoms with van der Waals surface area (Å²) in [6.07, 6.45) is 0.0416.